The SMILES string of the molecule is O=C(CCNC(=O)c1ccc(F)cc1F)NCCc1ccccc1. The monoisotopic (exact) mass is 332 g/mol. The van der Waals surface area contributed by atoms with Gasteiger partial charge in [-0.15, -0.1) is 0 Å². The van der Waals surface area contributed by atoms with Crippen LogP contribution in [0.5, 0.6) is 0 Å². The molecule has 0 aliphatic carbocycles. The van der Waals surface area contributed by atoms with Crippen LogP contribution < -0.4 is 10.6 Å². The van der Waals surface area contributed by atoms with Crippen LogP contribution in [0.3, 0.4) is 0 Å². The van der Waals surface area contributed by atoms with Gasteiger partial charge in [0, 0.05) is 25.6 Å². The molecule has 0 fully saturated rings. The highest BCUT2D eigenvalue weighted by Gasteiger charge is 2.12. The number of amides is 2. The quantitative estimate of drug-likeness (QED) is 0.818. The molecule has 0 atom stereocenters. The normalized spacial score (nSPS) is 10.2. The van der Waals surface area contributed by atoms with Crippen molar-refractivity contribution < 1.29 is 18.4 Å². The largest absolute Gasteiger partial charge is 0.356 e. The van der Waals surface area contributed by atoms with Crippen LogP contribution in [0.2, 0.25) is 0 Å². The molecular weight excluding hydrogens is 314 g/mol. The lowest BCUT2D eigenvalue weighted by atomic mass is 10.1. The predicted octanol–water partition coefficient (Wildman–Crippen LogP) is 2.44. The molecular formula is C18H18F2N2O2. The summed E-state index contributed by atoms with van der Waals surface area (Å²) < 4.78 is 26.2. The molecule has 0 aliphatic heterocycles. The third kappa shape index (κ3) is 5.46. The number of rotatable bonds is 7. The summed E-state index contributed by atoms with van der Waals surface area (Å²) in [5.74, 6) is -2.56. The third-order valence-corrected chi connectivity index (χ3v) is 3.39. The molecule has 0 bridgehead atoms. The summed E-state index contributed by atoms with van der Waals surface area (Å²) in [5.41, 5.74) is 0.874. The molecule has 0 spiro atoms. The first kappa shape index (κ1) is 17.6. The van der Waals surface area contributed by atoms with Crippen LogP contribution in [-0.4, -0.2) is 24.9 Å². The average Bonchev–Trinajstić information content (AvgIpc) is 2.55. The molecule has 0 unspecified atom stereocenters. The molecule has 0 heterocycles. The second-order valence-electron chi connectivity index (χ2n) is 5.22. The van der Waals surface area contributed by atoms with Gasteiger partial charge < -0.3 is 10.6 Å². The van der Waals surface area contributed by atoms with Gasteiger partial charge in [-0.1, -0.05) is 30.3 Å². The highest BCUT2D eigenvalue weighted by atomic mass is 19.1. The van der Waals surface area contributed by atoms with E-state index in [0.29, 0.717) is 12.6 Å². The Labute approximate surface area is 138 Å². The Hall–Kier alpha value is -2.76. The van der Waals surface area contributed by atoms with Crippen LogP contribution in [0.1, 0.15) is 22.3 Å². The summed E-state index contributed by atoms with van der Waals surface area (Å²) in [6.45, 7) is 0.580. The Kier molecular flexibility index (Phi) is 6.42. The van der Waals surface area contributed by atoms with E-state index in [-0.39, 0.29) is 24.4 Å². The number of benzene rings is 2. The molecule has 0 radical (unpaired) electrons. The van der Waals surface area contributed by atoms with Crippen molar-refractivity contribution >= 4 is 11.8 Å². The van der Waals surface area contributed by atoms with Gasteiger partial charge in [0.2, 0.25) is 5.91 Å². The van der Waals surface area contributed by atoms with Crippen LogP contribution in [0, 0.1) is 11.6 Å². The molecule has 2 aromatic rings. The van der Waals surface area contributed by atoms with Crippen LogP contribution >= 0.6 is 0 Å². The van der Waals surface area contributed by atoms with Crippen LogP contribution in [0.25, 0.3) is 0 Å². The van der Waals surface area contributed by atoms with Crippen LogP contribution in [0.4, 0.5) is 8.78 Å². The van der Waals surface area contributed by atoms with Gasteiger partial charge in [-0.3, -0.25) is 9.59 Å². The molecule has 0 aromatic heterocycles. The van der Waals surface area contributed by atoms with E-state index in [0.717, 1.165) is 24.1 Å². The van der Waals surface area contributed by atoms with E-state index in [1.807, 2.05) is 30.3 Å². The molecule has 2 N–H and O–H groups in total. The summed E-state index contributed by atoms with van der Waals surface area (Å²) in [6, 6.07) is 12.5. The highest BCUT2D eigenvalue weighted by molar-refractivity contribution is 5.94. The van der Waals surface area contributed by atoms with Gasteiger partial charge in [0.25, 0.3) is 5.91 Å². The van der Waals surface area contributed by atoms with Crippen molar-refractivity contribution in [3.8, 4) is 0 Å². The zero-order valence-electron chi connectivity index (χ0n) is 13.0. The number of hydrogen-bond donors (Lipinski definition) is 2. The maximum absolute atomic E-state index is 13.4. The van der Waals surface area contributed by atoms with E-state index in [9.17, 15) is 18.4 Å². The first-order chi connectivity index (χ1) is 11.6. The van der Waals surface area contributed by atoms with Gasteiger partial charge >= 0.3 is 0 Å². The minimum absolute atomic E-state index is 0.0762. The summed E-state index contributed by atoms with van der Waals surface area (Å²) in [6.07, 6.45) is 0.809. The molecule has 24 heavy (non-hydrogen) atoms. The summed E-state index contributed by atoms with van der Waals surface area (Å²) in [4.78, 5) is 23.4. The van der Waals surface area contributed by atoms with E-state index < -0.39 is 17.5 Å². The molecule has 126 valence electrons. The first-order valence-corrected chi connectivity index (χ1v) is 7.60. The van der Waals surface area contributed by atoms with Gasteiger partial charge in [-0.05, 0) is 24.1 Å². The van der Waals surface area contributed by atoms with Crippen molar-refractivity contribution in [1.29, 1.82) is 0 Å². The number of carbonyl (C=O) groups excluding carboxylic acids is 2. The summed E-state index contributed by atoms with van der Waals surface area (Å²) in [7, 11) is 0. The third-order valence-electron chi connectivity index (χ3n) is 3.39. The lowest BCUT2D eigenvalue weighted by molar-refractivity contribution is -0.120. The molecule has 0 saturated heterocycles. The number of halogens is 2. The van der Waals surface area contributed by atoms with Crippen molar-refractivity contribution in [2.24, 2.45) is 0 Å². The standard InChI is InChI=1S/C18H18F2N2O2/c19-14-6-7-15(16(20)12-14)18(24)22-11-9-17(23)21-10-8-13-4-2-1-3-5-13/h1-7,12H,8-11H2,(H,21,23)(H,22,24). The Morgan fingerprint density at radius 2 is 1.67 bits per heavy atom. The zero-order chi connectivity index (χ0) is 17.4. The predicted molar refractivity (Wildman–Crippen MR) is 86.5 cm³/mol. The second kappa shape index (κ2) is 8.76. The van der Waals surface area contributed by atoms with Crippen LogP contribution in [0.15, 0.2) is 48.5 Å². The number of hydrogen-bond acceptors (Lipinski definition) is 2. The van der Waals surface area contributed by atoms with Crippen molar-refractivity contribution in [1.82, 2.24) is 10.6 Å². The van der Waals surface area contributed by atoms with E-state index >= 15 is 0 Å². The lowest BCUT2D eigenvalue weighted by Gasteiger charge is -2.07. The van der Waals surface area contributed by atoms with Crippen molar-refractivity contribution in [2.45, 2.75) is 12.8 Å². The number of carbonyl (C=O) groups is 2. The van der Waals surface area contributed by atoms with Crippen molar-refractivity contribution in [3.63, 3.8) is 0 Å². The van der Waals surface area contributed by atoms with Gasteiger partial charge in [0.1, 0.15) is 11.6 Å². The fourth-order valence-electron chi connectivity index (χ4n) is 2.14. The molecule has 2 aromatic carbocycles. The Bertz CT molecular complexity index is 705. The maximum atomic E-state index is 13.4. The smallest absolute Gasteiger partial charge is 0.254 e. The van der Waals surface area contributed by atoms with Crippen LogP contribution in [-0.2, 0) is 11.2 Å². The van der Waals surface area contributed by atoms with E-state index in [1.165, 1.54) is 0 Å². The minimum Gasteiger partial charge on any atom is -0.356 e. The first-order valence-electron chi connectivity index (χ1n) is 7.60. The van der Waals surface area contributed by atoms with Gasteiger partial charge in [-0.25, -0.2) is 8.78 Å². The zero-order valence-corrected chi connectivity index (χ0v) is 13.0. The van der Waals surface area contributed by atoms with Gasteiger partial charge in [-0.2, -0.15) is 0 Å². The molecule has 2 rings (SSSR count). The maximum Gasteiger partial charge on any atom is 0.254 e. The number of nitrogens with one attached hydrogen (secondary N) is 2. The summed E-state index contributed by atoms with van der Waals surface area (Å²) >= 11 is 0. The molecule has 6 heteroatoms. The highest BCUT2D eigenvalue weighted by Crippen LogP contribution is 2.09. The topological polar surface area (TPSA) is 58.2 Å². The minimum atomic E-state index is -0.931. The van der Waals surface area contributed by atoms with E-state index in [4.69, 9.17) is 0 Å². The van der Waals surface area contributed by atoms with E-state index in [1.54, 1.807) is 0 Å². The molecule has 2 amide bonds. The van der Waals surface area contributed by atoms with Crippen molar-refractivity contribution in [3.05, 3.63) is 71.3 Å². The van der Waals surface area contributed by atoms with Gasteiger partial charge in [0.15, 0.2) is 0 Å². The summed E-state index contributed by atoms with van der Waals surface area (Å²) in [5, 5.41) is 5.19. The lowest BCUT2D eigenvalue weighted by Crippen LogP contribution is -2.32. The molecule has 0 aliphatic rings. The Balaban J connectivity index is 1.67. The van der Waals surface area contributed by atoms with Crippen molar-refractivity contribution in [2.75, 3.05) is 13.1 Å². The average molecular weight is 332 g/mol. The van der Waals surface area contributed by atoms with Gasteiger partial charge in [0.05, 0.1) is 5.56 Å². The second-order valence-corrected chi connectivity index (χ2v) is 5.22. The Morgan fingerprint density at radius 1 is 0.917 bits per heavy atom. The fourth-order valence-corrected chi connectivity index (χ4v) is 2.14. The molecule has 4 nitrogen and oxygen atoms in total. The Morgan fingerprint density at radius 3 is 2.38 bits per heavy atom. The fraction of sp³-hybridized carbons (Fsp3) is 0.222. The van der Waals surface area contributed by atoms with E-state index in [2.05, 4.69) is 10.6 Å². The molecule has 0 saturated carbocycles.